The van der Waals surface area contributed by atoms with Gasteiger partial charge in [0, 0.05) is 50.1 Å². The molecular weight excluding hydrogens is 370 g/mol. The minimum atomic E-state index is 0.257. The Morgan fingerprint density at radius 1 is 1.25 bits per heavy atom. The van der Waals surface area contributed by atoms with Gasteiger partial charge in [-0.3, -0.25) is 14.7 Å². The molecule has 2 atom stereocenters. The fraction of sp³-hybridized carbons (Fsp3) is 0.714. The highest BCUT2D eigenvalue weighted by molar-refractivity contribution is 7.10. The van der Waals surface area contributed by atoms with E-state index >= 15 is 0 Å². The average molecular weight is 406 g/mol. The quantitative estimate of drug-likeness (QED) is 0.541. The van der Waals surface area contributed by atoms with E-state index in [9.17, 15) is 4.79 Å². The summed E-state index contributed by atoms with van der Waals surface area (Å²) in [6, 6.07) is 4.85. The first-order valence-electron chi connectivity index (χ1n) is 10.7. The lowest BCUT2D eigenvalue weighted by Gasteiger charge is -2.38. The zero-order valence-corrected chi connectivity index (χ0v) is 18.1. The lowest BCUT2D eigenvalue weighted by Crippen LogP contribution is -2.41. The van der Waals surface area contributed by atoms with Gasteiger partial charge in [-0.25, -0.2) is 0 Å². The molecule has 2 aliphatic heterocycles. The molecule has 1 aromatic rings. The average Bonchev–Trinajstić information content (AvgIpc) is 3.40. The summed E-state index contributed by atoms with van der Waals surface area (Å²) in [6.07, 6.45) is 5.26. The molecule has 3 rings (SSSR count). The molecule has 2 N–H and O–H groups in total. The minimum Gasteiger partial charge on any atom is -0.357 e. The molecule has 28 heavy (non-hydrogen) atoms. The van der Waals surface area contributed by atoms with Crippen LogP contribution in [0.2, 0.25) is 0 Å². The Kier molecular flexibility index (Phi) is 8.15. The maximum absolute atomic E-state index is 12.2. The maximum Gasteiger partial charge on any atom is 0.224 e. The van der Waals surface area contributed by atoms with Gasteiger partial charge >= 0.3 is 0 Å². The minimum absolute atomic E-state index is 0.257. The molecule has 0 aromatic carbocycles. The van der Waals surface area contributed by atoms with Crippen molar-refractivity contribution < 1.29 is 4.79 Å². The SMILES string of the molecule is CCNC(=NCC1CCCN(C)C1c1cccs1)NCCC(=O)N1CCCC1. The monoisotopic (exact) mass is 405 g/mol. The van der Waals surface area contributed by atoms with Gasteiger partial charge in [0.2, 0.25) is 5.91 Å². The van der Waals surface area contributed by atoms with Gasteiger partial charge < -0.3 is 15.5 Å². The number of nitrogens with one attached hydrogen (secondary N) is 2. The van der Waals surface area contributed by atoms with Crippen LogP contribution in [0, 0.1) is 5.92 Å². The van der Waals surface area contributed by atoms with Crippen LogP contribution in [0.1, 0.15) is 49.9 Å². The van der Waals surface area contributed by atoms with E-state index in [0.717, 1.165) is 51.5 Å². The van der Waals surface area contributed by atoms with Crippen molar-refractivity contribution >= 4 is 23.2 Å². The van der Waals surface area contributed by atoms with Crippen molar-refractivity contribution in [1.82, 2.24) is 20.4 Å². The Morgan fingerprint density at radius 3 is 2.79 bits per heavy atom. The van der Waals surface area contributed by atoms with Crippen molar-refractivity contribution in [3.63, 3.8) is 0 Å². The zero-order valence-electron chi connectivity index (χ0n) is 17.3. The predicted octanol–water partition coefficient (Wildman–Crippen LogP) is 2.70. The first-order chi connectivity index (χ1) is 13.7. The van der Waals surface area contributed by atoms with Gasteiger partial charge in [-0.15, -0.1) is 11.3 Å². The number of hydrogen-bond acceptors (Lipinski definition) is 4. The van der Waals surface area contributed by atoms with Gasteiger partial charge in [0.15, 0.2) is 5.96 Å². The molecule has 1 amide bonds. The summed E-state index contributed by atoms with van der Waals surface area (Å²) < 4.78 is 0. The molecule has 2 saturated heterocycles. The van der Waals surface area contributed by atoms with Crippen LogP contribution in [0.3, 0.4) is 0 Å². The Morgan fingerprint density at radius 2 is 2.07 bits per heavy atom. The molecule has 1 aromatic heterocycles. The molecule has 0 bridgehead atoms. The molecule has 6 nitrogen and oxygen atoms in total. The molecule has 3 heterocycles. The summed E-state index contributed by atoms with van der Waals surface area (Å²) >= 11 is 1.85. The van der Waals surface area contributed by atoms with Crippen LogP contribution in [-0.2, 0) is 4.79 Å². The van der Waals surface area contributed by atoms with Crippen LogP contribution in [0.4, 0.5) is 0 Å². The van der Waals surface area contributed by atoms with Crippen LogP contribution in [0.5, 0.6) is 0 Å². The molecule has 0 aliphatic carbocycles. The third kappa shape index (κ3) is 5.70. The summed E-state index contributed by atoms with van der Waals surface area (Å²) in [4.78, 5) is 23.0. The van der Waals surface area contributed by atoms with Gasteiger partial charge in [0.05, 0.1) is 0 Å². The highest BCUT2D eigenvalue weighted by Crippen LogP contribution is 2.37. The number of nitrogens with zero attached hydrogens (tertiary/aromatic N) is 3. The van der Waals surface area contributed by atoms with E-state index in [1.54, 1.807) is 0 Å². The van der Waals surface area contributed by atoms with Gasteiger partial charge in [0.25, 0.3) is 0 Å². The van der Waals surface area contributed by atoms with E-state index in [1.807, 2.05) is 16.2 Å². The molecule has 156 valence electrons. The first kappa shape index (κ1) is 21.1. The molecule has 7 heteroatoms. The molecule has 0 spiro atoms. The summed E-state index contributed by atoms with van der Waals surface area (Å²) in [5, 5.41) is 8.85. The van der Waals surface area contributed by atoms with Crippen molar-refractivity contribution in [1.29, 1.82) is 0 Å². The Bertz CT molecular complexity index is 627. The summed E-state index contributed by atoms with van der Waals surface area (Å²) in [5.41, 5.74) is 0. The molecule has 2 fully saturated rings. The van der Waals surface area contributed by atoms with Crippen LogP contribution < -0.4 is 10.6 Å². The maximum atomic E-state index is 12.2. The van der Waals surface area contributed by atoms with Crippen molar-refractivity contribution in [2.45, 2.75) is 45.1 Å². The number of amides is 1. The Balaban J connectivity index is 1.54. The van der Waals surface area contributed by atoms with E-state index in [0.29, 0.717) is 24.9 Å². The number of likely N-dealkylation sites (tertiary alicyclic amines) is 2. The topological polar surface area (TPSA) is 60.0 Å². The van der Waals surface area contributed by atoms with E-state index in [1.165, 1.54) is 17.7 Å². The first-order valence-corrected chi connectivity index (χ1v) is 11.6. The summed E-state index contributed by atoms with van der Waals surface area (Å²) in [7, 11) is 2.23. The number of hydrogen-bond donors (Lipinski definition) is 2. The second-order valence-corrected chi connectivity index (χ2v) is 8.81. The number of piperidine rings is 1. The zero-order chi connectivity index (χ0) is 19.8. The van der Waals surface area contributed by atoms with Crippen molar-refractivity contribution in [3.05, 3.63) is 22.4 Å². The molecule has 0 saturated carbocycles. The van der Waals surface area contributed by atoms with Crippen LogP contribution >= 0.6 is 11.3 Å². The third-order valence-electron chi connectivity index (χ3n) is 5.76. The highest BCUT2D eigenvalue weighted by atomic mass is 32.1. The van der Waals surface area contributed by atoms with Gasteiger partial charge in [-0.2, -0.15) is 0 Å². The van der Waals surface area contributed by atoms with Crippen LogP contribution in [-0.4, -0.2) is 68.0 Å². The predicted molar refractivity (Wildman–Crippen MR) is 117 cm³/mol. The smallest absolute Gasteiger partial charge is 0.224 e. The summed E-state index contributed by atoms with van der Waals surface area (Å²) in [5.74, 6) is 1.61. The van der Waals surface area contributed by atoms with Crippen molar-refractivity contribution in [2.75, 3.05) is 46.3 Å². The second-order valence-electron chi connectivity index (χ2n) is 7.83. The molecular formula is C21H35N5OS. The lowest BCUT2D eigenvalue weighted by molar-refractivity contribution is -0.129. The van der Waals surface area contributed by atoms with Gasteiger partial charge in [-0.05, 0) is 63.6 Å². The van der Waals surface area contributed by atoms with E-state index in [2.05, 4.69) is 47.0 Å². The molecule has 2 unspecified atom stereocenters. The fourth-order valence-corrected chi connectivity index (χ4v) is 5.31. The Hall–Kier alpha value is -1.60. The van der Waals surface area contributed by atoms with Crippen LogP contribution in [0.25, 0.3) is 0 Å². The third-order valence-corrected chi connectivity index (χ3v) is 6.70. The number of thiophene rings is 1. The van der Waals surface area contributed by atoms with E-state index < -0.39 is 0 Å². The Labute approximate surface area is 173 Å². The van der Waals surface area contributed by atoms with E-state index in [-0.39, 0.29) is 5.91 Å². The number of carbonyl (C=O) groups is 1. The molecule has 2 aliphatic rings. The molecule has 0 radical (unpaired) electrons. The fourth-order valence-electron chi connectivity index (χ4n) is 4.32. The largest absolute Gasteiger partial charge is 0.357 e. The normalized spacial score (nSPS) is 23.8. The number of rotatable bonds is 7. The highest BCUT2D eigenvalue weighted by Gasteiger charge is 2.31. The number of aliphatic imine (C=N–C) groups is 1. The summed E-state index contributed by atoms with van der Waals surface area (Å²) in [6.45, 7) is 7.35. The van der Waals surface area contributed by atoms with Crippen molar-refractivity contribution in [3.8, 4) is 0 Å². The van der Waals surface area contributed by atoms with Crippen molar-refractivity contribution in [2.24, 2.45) is 10.9 Å². The standard InChI is InChI=1S/C21H35N5OS/c1-3-22-21(23-11-10-19(27)26-13-4-5-14-26)24-16-17-8-6-12-25(2)20(17)18-9-7-15-28-18/h7,9,15,17,20H,3-6,8,10-14,16H2,1-2H3,(H2,22,23,24). The number of carbonyl (C=O) groups excluding carboxylic acids is 1. The lowest BCUT2D eigenvalue weighted by atomic mass is 9.88. The van der Waals surface area contributed by atoms with Gasteiger partial charge in [-0.1, -0.05) is 6.07 Å². The second kappa shape index (κ2) is 10.8. The number of guanidine groups is 1. The van der Waals surface area contributed by atoms with E-state index in [4.69, 9.17) is 4.99 Å². The van der Waals surface area contributed by atoms with Gasteiger partial charge in [0.1, 0.15) is 0 Å². The van der Waals surface area contributed by atoms with Crippen LogP contribution in [0.15, 0.2) is 22.5 Å².